The molecule has 0 fully saturated rings. The summed E-state index contributed by atoms with van der Waals surface area (Å²) < 4.78 is 0. The smallest absolute Gasteiger partial charge is 0 e. The molecule has 0 aromatic carbocycles. The second-order valence-corrected chi connectivity index (χ2v) is 0. The molecule has 0 aromatic heterocycles. The Balaban J connectivity index is 0. The van der Waals surface area contributed by atoms with Crippen LogP contribution in [0.4, 0.5) is 0 Å². The number of hydrogen-bond donors (Lipinski definition) is 0. The Hall–Kier alpha value is 1.03. The molecule has 1 radical (unpaired) electrons. The first-order valence-corrected chi connectivity index (χ1v) is 0. The van der Waals surface area contributed by atoms with Crippen LogP contribution in [0.3, 0.4) is 0 Å². The second-order valence-electron chi connectivity index (χ2n) is 0. The van der Waals surface area contributed by atoms with Crippen molar-refractivity contribution in [3.63, 3.8) is 0 Å². The molecular weight excluding hydrogens is 256 g/mol. The topological polar surface area (TPSA) is 0 Å². The van der Waals surface area contributed by atoms with Crippen molar-refractivity contribution in [3.8, 4) is 0 Å². The monoisotopic (exact) mass is 263 g/mol. The van der Waals surface area contributed by atoms with Gasteiger partial charge in [0.05, 0.1) is 0 Å². The average molecular weight is 263 g/mol. The van der Waals surface area contributed by atoms with Gasteiger partial charge in [-0.25, -0.2) is 0 Å². The van der Waals surface area contributed by atoms with E-state index in [4.69, 9.17) is 0 Å². The molecule has 35 valence electrons. The van der Waals surface area contributed by atoms with Crippen LogP contribution in [0.5, 0.6) is 0 Å². The molecular formula is C2H7AuCl-2. The molecule has 0 amide bonds. The summed E-state index contributed by atoms with van der Waals surface area (Å²) in [5.74, 6) is 0. The third-order valence-corrected chi connectivity index (χ3v) is 0. The minimum atomic E-state index is 0. The Morgan fingerprint density at radius 3 is 0.750 bits per heavy atom. The van der Waals surface area contributed by atoms with Crippen LogP contribution in [0.1, 0.15) is 0 Å². The number of halogens is 1. The summed E-state index contributed by atoms with van der Waals surface area (Å²) in [5.41, 5.74) is 0. The van der Waals surface area contributed by atoms with Crippen molar-refractivity contribution in [1.82, 2.24) is 0 Å². The first-order valence-electron chi connectivity index (χ1n) is 0. The zero-order chi connectivity index (χ0) is 0. The summed E-state index contributed by atoms with van der Waals surface area (Å²) in [6.45, 7) is 0. The van der Waals surface area contributed by atoms with E-state index in [1.54, 1.807) is 0 Å². The van der Waals surface area contributed by atoms with E-state index in [0.29, 0.717) is 0 Å². The van der Waals surface area contributed by atoms with Gasteiger partial charge >= 0.3 is 0 Å². The third kappa shape index (κ3) is 11.8. The molecule has 0 spiro atoms. The Labute approximate surface area is 49.9 Å². The largest absolute Gasteiger partial charge is 0.358 e. The quantitative estimate of drug-likeness (QED) is 0.457. The maximum Gasteiger partial charge on any atom is 0 e. The summed E-state index contributed by atoms with van der Waals surface area (Å²) in [6.07, 6.45) is 0. The SMILES string of the molecule is Cl.[Au].[CH3-].[CH3-]. The fourth-order valence-corrected chi connectivity index (χ4v) is 0. The normalized spacial score (nSPS) is 0. The van der Waals surface area contributed by atoms with Crippen molar-refractivity contribution in [2.24, 2.45) is 0 Å². The molecule has 0 saturated heterocycles. The molecule has 0 unspecified atom stereocenters. The second kappa shape index (κ2) is 34.9. The third-order valence-electron chi connectivity index (χ3n) is 0. The molecule has 0 N–H and O–H groups in total. The van der Waals surface area contributed by atoms with E-state index in [1.807, 2.05) is 0 Å². The van der Waals surface area contributed by atoms with Crippen molar-refractivity contribution < 1.29 is 22.4 Å². The Bertz CT molecular complexity index is 6.00. The first-order chi connectivity index (χ1) is 0. The molecule has 0 atom stereocenters. The van der Waals surface area contributed by atoms with E-state index < -0.39 is 0 Å². The molecule has 2 heteroatoms. The zero-order valence-electron chi connectivity index (χ0n) is 2.71. The minimum absolute atomic E-state index is 0. The van der Waals surface area contributed by atoms with Crippen LogP contribution in [-0.2, 0) is 22.4 Å². The molecule has 0 aliphatic carbocycles. The van der Waals surface area contributed by atoms with E-state index in [-0.39, 0.29) is 49.6 Å². The van der Waals surface area contributed by atoms with Gasteiger partial charge in [-0.2, -0.15) is 0 Å². The fourth-order valence-electron chi connectivity index (χ4n) is 0. The van der Waals surface area contributed by atoms with E-state index in [1.165, 1.54) is 0 Å². The average Bonchev–Trinajstić information content (AvgIpc) is 0. The number of hydrogen-bond acceptors (Lipinski definition) is 0. The van der Waals surface area contributed by atoms with Crippen LogP contribution in [0, 0.1) is 14.9 Å². The van der Waals surface area contributed by atoms with Gasteiger partial charge in [-0.05, 0) is 0 Å². The van der Waals surface area contributed by atoms with Gasteiger partial charge in [0.15, 0.2) is 0 Å². The van der Waals surface area contributed by atoms with Crippen molar-refractivity contribution in [2.45, 2.75) is 0 Å². The standard InChI is InChI=1S/2CH3.Au.ClH/h2*1H3;;1H/q2*-1;;. The fraction of sp³-hybridized carbons (Fsp3) is 0. The van der Waals surface area contributed by atoms with Crippen LogP contribution in [0.25, 0.3) is 0 Å². The molecule has 0 aromatic rings. The van der Waals surface area contributed by atoms with Gasteiger partial charge in [-0.1, -0.05) is 0 Å². The zero-order valence-corrected chi connectivity index (χ0v) is 5.69. The van der Waals surface area contributed by atoms with Crippen LogP contribution in [-0.4, -0.2) is 0 Å². The Morgan fingerprint density at radius 1 is 0.750 bits per heavy atom. The molecule has 0 saturated carbocycles. The van der Waals surface area contributed by atoms with Crippen LogP contribution < -0.4 is 0 Å². The van der Waals surface area contributed by atoms with Gasteiger partial charge in [0.1, 0.15) is 0 Å². The van der Waals surface area contributed by atoms with Gasteiger partial charge in [0.25, 0.3) is 0 Å². The van der Waals surface area contributed by atoms with Crippen molar-refractivity contribution in [2.75, 3.05) is 0 Å². The summed E-state index contributed by atoms with van der Waals surface area (Å²) >= 11 is 0. The van der Waals surface area contributed by atoms with E-state index in [0.717, 1.165) is 0 Å². The van der Waals surface area contributed by atoms with Gasteiger partial charge in [-0.3, -0.25) is 0 Å². The molecule has 0 aliphatic rings. The maximum atomic E-state index is 0. The molecule has 4 heavy (non-hydrogen) atoms. The van der Waals surface area contributed by atoms with Crippen molar-refractivity contribution >= 4 is 12.4 Å². The van der Waals surface area contributed by atoms with Gasteiger partial charge < -0.3 is 14.9 Å². The van der Waals surface area contributed by atoms with Crippen LogP contribution >= 0.6 is 12.4 Å². The van der Waals surface area contributed by atoms with E-state index >= 15 is 0 Å². The maximum absolute atomic E-state index is 0. The van der Waals surface area contributed by atoms with E-state index in [2.05, 4.69) is 0 Å². The molecule has 0 nitrogen and oxygen atoms in total. The molecule has 0 bridgehead atoms. The summed E-state index contributed by atoms with van der Waals surface area (Å²) in [5, 5.41) is 0. The Kier molecular flexibility index (Phi) is 671. The number of rotatable bonds is 0. The Morgan fingerprint density at radius 2 is 0.750 bits per heavy atom. The van der Waals surface area contributed by atoms with Gasteiger partial charge in [0, 0.05) is 22.4 Å². The van der Waals surface area contributed by atoms with Crippen molar-refractivity contribution in [1.29, 1.82) is 0 Å². The molecule has 0 heterocycles. The minimum Gasteiger partial charge on any atom is -0.358 e. The molecule has 0 aliphatic heterocycles. The summed E-state index contributed by atoms with van der Waals surface area (Å²) in [7, 11) is 0. The van der Waals surface area contributed by atoms with Crippen LogP contribution in [0.15, 0.2) is 0 Å². The van der Waals surface area contributed by atoms with Gasteiger partial charge in [0.2, 0.25) is 0 Å². The van der Waals surface area contributed by atoms with Gasteiger partial charge in [-0.15, -0.1) is 12.4 Å². The predicted octanol–water partition coefficient (Wildman–Crippen LogP) is 1.32. The summed E-state index contributed by atoms with van der Waals surface area (Å²) in [6, 6.07) is 0. The van der Waals surface area contributed by atoms with Crippen molar-refractivity contribution in [3.05, 3.63) is 14.9 Å². The predicted molar refractivity (Wildman–Crippen MR) is 20.1 cm³/mol. The van der Waals surface area contributed by atoms with Crippen LogP contribution in [0.2, 0.25) is 0 Å². The molecule has 0 rings (SSSR count). The first kappa shape index (κ1) is 77.0. The summed E-state index contributed by atoms with van der Waals surface area (Å²) in [4.78, 5) is 0. The van der Waals surface area contributed by atoms with E-state index in [9.17, 15) is 0 Å².